The van der Waals surface area contributed by atoms with E-state index in [0.717, 1.165) is 0 Å². The SMILES string of the molecule is CCNC1CN(CCCO)S(=O)(=O)c2sc(S(N)(=O)=O)cc21.Cl. The predicted octanol–water partition coefficient (Wildman–Crippen LogP) is -0.145. The summed E-state index contributed by atoms with van der Waals surface area (Å²) in [6.45, 7) is 2.76. The minimum Gasteiger partial charge on any atom is -0.396 e. The number of aliphatic hydroxyl groups excluding tert-OH is 1. The number of nitrogens with two attached hydrogens (primary N) is 1. The minimum atomic E-state index is -3.95. The van der Waals surface area contributed by atoms with Crippen molar-refractivity contribution in [3.05, 3.63) is 11.6 Å². The lowest BCUT2D eigenvalue weighted by molar-refractivity contribution is 0.260. The van der Waals surface area contributed by atoms with Crippen LogP contribution >= 0.6 is 23.7 Å². The molecule has 12 heteroatoms. The number of likely N-dealkylation sites (N-methyl/N-ethyl adjacent to an activating group) is 1. The van der Waals surface area contributed by atoms with Crippen molar-refractivity contribution >= 4 is 43.8 Å². The molecule has 134 valence electrons. The highest BCUT2D eigenvalue weighted by Gasteiger charge is 2.39. The van der Waals surface area contributed by atoms with Gasteiger partial charge >= 0.3 is 0 Å². The molecule has 2 rings (SSSR count). The summed E-state index contributed by atoms with van der Waals surface area (Å²) in [5.41, 5.74) is 0.441. The summed E-state index contributed by atoms with van der Waals surface area (Å²) < 4.78 is 49.3. The number of sulfonamides is 2. The molecule has 0 aliphatic carbocycles. The lowest BCUT2D eigenvalue weighted by atomic mass is 10.1. The fraction of sp³-hybridized carbons (Fsp3) is 0.636. The number of hydrogen-bond donors (Lipinski definition) is 3. The quantitative estimate of drug-likeness (QED) is 0.603. The van der Waals surface area contributed by atoms with Gasteiger partial charge in [0, 0.05) is 31.3 Å². The number of aliphatic hydroxyl groups is 1. The van der Waals surface area contributed by atoms with Crippen LogP contribution in [0.25, 0.3) is 0 Å². The van der Waals surface area contributed by atoms with Crippen LogP contribution in [0.1, 0.15) is 24.9 Å². The Morgan fingerprint density at radius 3 is 2.70 bits per heavy atom. The standard InChI is InChI=1S/C11H19N3O5S3.ClH/c1-2-13-9-7-14(4-3-5-15)22(18,19)11-8(9)6-10(20-11)21(12,16)17;/h6,9,13,15H,2-5,7H2,1H3,(H2,12,16,17);1H. The van der Waals surface area contributed by atoms with Crippen LogP contribution in [0.5, 0.6) is 0 Å². The van der Waals surface area contributed by atoms with Gasteiger partial charge in [-0.3, -0.25) is 0 Å². The van der Waals surface area contributed by atoms with E-state index >= 15 is 0 Å². The Bertz CT molecular complexity index is 747. The van der Waals surface area contributed by atoms with Crippen molar-refractivity contribution in [2.24, 2.45) is 5.14 Å². The summed E-state index contributed by atoms with van der Waals surface area (Å²) in [5, 5.41) is 17.2. The zero-order valence-electron chi connectivity index (χ0n) is 12.4. The third-order valence-corrected chi connectivity index (χ3v) is 8.30. The van der Waals surface area contributed by atoms with Gasteiger partial charge in [-0.1, -0.05) is 6.92 Å². The van der Waals surface area contributed by atoms with E-state index < -0.39 is 20.0 Å². The Kier molecular flexibility index (Phi) is 6.99. The van der Waals surface area contributed by atoms with Crippen molar-refractivity contribution in [2.75, 3.05) is 26.2 Å². The first-order valence-electron chi connectivity index (χ1n) is 6.72. The second-order valence-corrected chi connectivity index (χ2v) is 9.88. The first-order valence-corrected chi connectivity index (χ1v) is 10.5. The summed E-state index contributed by atoms with van der Waals surface area (Å²) in [5.74, 6) is 0. The molecule has 1 aliphatic rings. The molecule has 2 heterocycles. The zero-order chi connectivity index (χ0) is 16.5. The summed E-state index contributed by atoms with van der Waals surface area (Å²) in [7, 11) is -7.72. The number of hydrogen-bond acceptors (Lipinski definition) is 7. The molecule has 0 fully saturated rings. The Morgan fingerprint density at radius 1 is 1.52 bits per heavy atom. The van der Waals surface area contributed by atoms with E-state index in [2.05, 4.69) is 5.32 Å². The van der Waals surface area contributed by atoms with Crippen LogP contribution in [-0.2, 0) is 20.0 Å². The van der Waals surface area contributed by atoms with Gasteiger partial charge in [0.05, 0.1) is 0 Å². The van der Waals surface area contributed by atoms with Gasteiger partial charge in [0.15, 0.2) is 0 Å². The van der Waals surface area contributed by atoms with E-state index in [1.807, 2.05) is 6.92 Å². The molecule has 0 spiro atoms. The molecule has 0 radical (unpaired) electrons. The van der Waals surface area contributed by atoms with Gasteiger partial charge in [0.2, 0.25) is 10.0 Å². The van der Waals surface area contributed by atoms with Crippen molar-refractivity contribution in [3.8, 4) is 0 Å². The number of nitrogens with one attached hydrogen (secondary N) is 1. The Morgan fingerprint density at radius 2 is 2.17 bits per heavy atom. The third-order valence-electron chi connectivity index (χ3n) is 3.33. The highest BCUT2D eigenvalue weighted by atomic mass is 35.5. The Labute approximate surface area is 146 Å². The van der Waals surface area contributed by atoms with Crippen LogP contribution < -0.4 is 10.5 Å². The van der Waals surface area contributed by atoms with Crippen LogP contribution in [0.2, 0.25) is 0 Å². The van der Waals surface area contributed by atoms with Gasteiger partial charge in [0.1, 0.15) is 8.42 Å². The van der Waals surface area contributed by atoms with Crippen LogP contribution in [0.3, 0.4) is 0 Å². The number of thiophene rings is 1. The monoisotopic (exact) mass is 405 g/mol. The van der Waals surface area contributed by atoms with Crippen molar-refractivity contribution in [1.82, 2.24) is 9.62 Å². The fourth-order valence-corrected chi connectivity index (χ4v) is 6.65. The van der Waals surface area contributed by atoms with E-state index in [0.29, 0.717) is 29.9 Å². The lowest BCUT2D eigenvalue weighted by Crippen LogP contribution is -2.43. The first kappa shape index (κ1) is 20.8. The van der Waals surface area contributed by atoms with Crippen LogP contribution in [-0.4, -0.2) is 52.5 Å². The number of fused-ring (bicyclic) bond motifs is 1. The van der Waals surface area contributed by atoms with Gasteiger partial charge in [0.25, 0.3) is 10.0 Å². The Hall–Kier alpha value is -0.270. The molecular weight excluding hydrogens is 386 g/mol. The van der Waals surface area contributed by atoms with Crippen molar-refractivity contribution in [2.45, 2.75) is 27.8 Å². The summed E-state index contributed by atoms with van der Waals surface area (Å²) in [6.07, 6.45) is 0.320. The maximum atomic E-state index is 12.6. The molecule has 0 aromatic carbocycles. The maximum Gasteiger partial charge on any atom is 0.252 e. The molecular formula is C11H20ClN3O5S3. The Balaban J connectivity index is 0.00000264. The fourth-order valence-electron chi connectivity index (χ4n) is 2.35. The predicted molar refractivity (Wildman–Crippen MR) is 89.8 cm³/mol. The van der Waals surface area contributed by atoms with Gasteiger partial charge in [-0.2, -0.15) is 4.31 Å². The second kappa shape index (κ2) is 7.74. The molecule has 23 heavy (non-hydrogen) atoms. The van der Waals surface area contributed by atoms with Crippen molar-refractivity contribution < 1.29 is 21.9 Å². The molecule has 1 atom stereocenters. The maximum absolute atomic E-state index is 12.6. The molecule has 0 amide bonds. The van der Waals surface area contributed by atoms with E-state index in [4.69, 9.17) is 10.2 Å². The zero-order valence-corrected chi connectivity index (χ0v) is 15.7. The minimum absolute atomic E-state index is 0. The normalized spacial score (nSPS) is 20.7. The van der Waals surface area contributed by atoms with Gasteiger partial charge in [-0.15, -0.1) is 23.7 Å². The molecule has 1 aliphatic heterocycles. The average Bonchev–Trinajstić information content (AvgIpc) is 2.87. The molecule has 0 saturated carbocycles. The molecule has 1 unspecified atom stereocenters. The molecule has 1 aromatic heterocycles. The number of halogens is 1. The molecule has 8 nitrogen and oxygen atoms in total. The van der Waals surface area contributed by atoms with Gasteiger partial charge in [-0.05, 0) is 19.0 Å². The van der Waals surface area contributed by atoms with Crippen LogP contribution in [0.15, 0.2) is 14.5 Å². The summed E-state index contributed by atoms with van der Waals surface area (Å²) in [6, 6.07) is 1.04. The molecule has 1 aromatic rings. The third kappa shape index (κ3) is 4.23. The summed E-state index contributed by atoms with van der Waals surface area (Å²) >= 11 is 0.671. The number of rotatable bonds is 6. The highest BCUT2D eigenvalue weighted by Crippen LogP contribution is 2.39. The largest absolute Gasteiger partial charge is 0.396 e. The smallest absolute Gasteiger partial charge is 0.252 e. The van der Waals surface area contributed by atoms with E-state index in [1.165, 1.54) is 10.4 Å². The van der Waals surface area contributed by atoms with Crippen LogP contribution in [0, 0.1) is 0 Å². The average molecular weight is 406 g/mol. The van der Waals surface area contributed by atoms with Gasteiger partial charge in [-0.25, -0.2) is 22.0 Å². The lowest BCUT2D eigenvalue weighted by Gasteiger charge is -2.32. The van der Waals surface area contributed by atoms with Crippen molar-refractivity contribution in [1.29, 1.82) is 0 Å². The number of primary sulfonamides is 1. The molecule has 4 N–H and O–H groups in total. The number of nitrogens with zero attached hydrogens (tertiary/aromatic N) is 1. The van der Waals surface area contributed by atoms with Crippen molar-refractivity contribution in [3.63, 3.8) is 0 Å². The van der Waals surface area contributed by atoms with Crippen LogP contribution in [0.4, 0.5) is 0 Å². The topological polar surface area (TPSA) is 130 Å². The van der Waals surface area contributed by atoms with E-state index in [-0.39, 0.29) is 46.6 Å². The van der Waals surface area contributed by atoms with E-state index in [9.17, 15) is 16.8 Å². The molecule has 0 bridgehead atoms. The second-order valence-electron chi connectivity index (χ2n) is 4.90. The van der Waals surface area contributed by atoms with Gasteiger partial charge < -0.3 is 10.4 Å². The first-order chi connectivity index (χ1) is 10.2. The van der Waals surface area contributed by atoms with E-state index in [1.54, 1.807) is 0 Å². The summed E-state index contributed by atoms with van der Waals surface area (Å²) in [4.78, 5) is 0. The molecule has 0 saturated heterocycles. The highest BCUT2D eigenvalue weighted by molar-refractivity contribution is 7.94.